The zero-order valence-corrected chi connectivity index (χ0v) is 13.6. The van der Waals surface area contributed by atoms with Gasteiger partial charge < -0.3 is 14.2 Å². The third kappa shape index (κ3) is 2.80. The lowest BCUT2D eigenvalue weighted by Crippen LogP contribution is -2.30. The van der Waals surface area contributed by atoms with Crippen LogP contribution in [-0.2, 0) is 19.4 Å². The van der Waals surface area contributed by atoms with Gasteiger partial charge in [0.2, 0.25) is 5.89 Å². The third-order valence-electron chi connectivity index (χ3n) is 4.18. The van der Waals surface area contributed by atoms with Crippen LogP contribution < -0.4 is 9.64 Å². The van der Waals surface area contributed by atoms with Crippen molar-refractivity contribution in [2.45, 2.75) is 46.1 Å². The first kappa shape index (κ1) is 14.9. The maximum Gasteiger partial charge on any atom is 0.246 e. The van der Waals surface area contributed by atoms with Crippen molar-refractivity contribution in [3.05, 3.63) is 35.0 Å². The monoisotopic (exact) mass is 301 g/mol. The lowest BCUT2D eigenvalue weighted by atomic mass is 9.96. The van der Waals surface area contributed by atoms with E-state index in [4.69, 9.17) is 9.26 Å². The third-order valence-corrected chi connectivity index (χ3v) is 4.18. The number of hydrogen-bond donors (Lipinski definition) is 0. The van der Waals surface area contributed by atoms with Crippen LogP contribution in [0.3, 0.4) is 0 Å². The zero-order chi connectivity index (χ0) is 15.5. The summed E-state index contributed by atoms with van der Waals surface area (Å²) in [5.74, 6) is 2.40. The number of nitrogens with zero attached hydrogens (tertiary/aromatic N) is 3. The second-order valence-electron chi connectivity index (χ2n) is 5.79. The first-order valence-corrected chi connectivity index (χ1v) is 7.95. The van der Waals surface area contributed by atoms with Crippen molar-refractivity contribution in [2.24, 2.45) is 0 Å². The van der Waals surface area contributed by atoms with E-state index in [0.29, 0.717) is 12.4 Å². The summed E-state index contributed by atoms with van der Waals surface area (Å²) in [6.45, 7) is 5.90. The fraction of sp³-hybridized carbons (Fsp3) is 0.529. The Kier molecular flexibility index (Phi) is 4.32. The first-order chi connectivity index (χ1) is 10.7. The summed E-state index contributed by atoms with van der Waals surface area (Å²) in [7, 11) is 1.73. The van der Waals surface area contributed by atoms with Crippen LogP contribution in [-0.4, -0.2) is 23.8 Å². The van der Waals surface area contributed by atoms with E-state index < -0.39 is 0 Å². The Morgan fingerprint density at radius 1 is 1.36 bits per heavy atom. The van der Waals surface area contributed by atoms with Crippen LogP contribution in [0.5, 0.6) is 5.75 Å². The smallest absolute Gasteiger partial charge is 0.246 e. The van der Waals surface area contributed by atoms with Crippen LogP contribution in [0.1, 0.15) is 42.6 Å². The summed E-state index contributed by atoms with van der Waals surface area (Å²) in [6.07, 6.45) is 4.12. The van der Waals surface area contributed by atoms with Crippen molar-refractivity contribution in [1.29, 1.82) is 0 Å². The highest BCUT2D eigenvalue weighted by Gasteiger charge is 2.24. The SMILES string of the molecule is CCCc1noc(CN2CCCc3c(C)ccc(OC)c32)n1. The molecule has 5 nitrogen and oxygen atoms in total. The van der Waals surface area contributed by atoms with Crippen molar-refractivity contribution in [1.82, 2.24) is 10.1 Å². The van der Waals surface area contributed by atoms with E-state index in [1.54, 1.807) is 7.11 Å². The molecule has 0 atom stereocenters. The summed E-state index contributed by atoms with van der Waals surface area (Å²) in [5, 5.41) is 4.04. The van der Waals surface area contributed by atoms with E-state index in [1.165, 1.54) is 16.8 Å². The summed E-state index contributed by atoms with van der Waals surface area (Å²) in [5.41, 5.74) is 3.88. The van der Waals surface area contributed by atoms with Crippen LogP contribution in [0.2, 0.25) is 0 Å². The van der Waals surface area contributed by atoms with Gasteiger partial charge in [0.05, 0.1) is 19.3 Å². The Morgan fingerprint density at radius 2 is 2.23 bits per heavy atom. The minimum Gasteiger partial charge on any atom is -0.495 e. The average molecular weight is 301 g/mol. The van der Waals surface area contributed by atoms with Crippen LogP contribution in [0.15, 0.2) is 16.7 Å². The van der Waals surface area contributed by atoms with Gasteiger partial charge in [-0.2, -0.15) is 4.98 Å². The van der Waals surface area contributed by atoms with Gasteiger partial charge in [0.15, 0.2) is 5.82 Å². The number of anilines is 1. The van der Waals surface area contributed by atoms with Gasteiger partial charge in [-0.25, -0.2) is 0 Å². The van der Waals surface area contributed by atoms with Gasteiger partial charge in [-0.1, -0.05) is 18.1 Å². The van der Waals surface area contributed by atoms with E-state index in [2.05, 4.69) is 35.0 Å². The number of aryl methyl sites for hydroxylation is 2. The molecule has 2 heterocycles. The minimum atomic E-state index is 0.642. The average Bonchev–Trinajstić information content (AvgIpc) is 2.96. The number of fused-ring (bicyclic) bond motifs is 1. The van der Waals surface area contributed by atoms with E-state index in [0.717, 1.165) is 43.8 Å². The Balaban J connectivity index is 1.88. The largest absolute Gasteiger partial charge is 0.495 e. The zero-order valence-electron chi connectivity index (χ0n) is 13.6. The van der Waals surface area contributed by atoms with Gasteiger partial charge in [0.1, 0.15) is 5.75 Å². The highest BCUT2D eigenvalue weighted by Crippen LogP contribution is 2.38. The van der Waals surface area contributed by atoms with Crippen molar-refractivity contribution < 1.29 is 9.26 Å². The fourth-order valence-electron chi connectivity index (χ4n) is 3.10. The number of ether oxygens (including phenoxy) is 1. The molecule has 0 saturated carbocycles. The van der Waals surface area contributed by atoms with E-state index >= 15 is 0 Å². The lowest BCUT2D eigenvalue weighted by Gasteiger charge is -2.32. The van der Waals surface area contributed by atoms with Crippen LogP contribution in [0, 0.1) is 6.92 Å². The summed E-state index contributed by atoms with van der Waals surface area (Å²) >= 11 is 0. The summed E-state index contributed by atoms with van der Waals surface area (Å²) in [6, 6.07) is 4.18. The Morgan fingerprint density at radius 3 is 3.00 bits per heavy atom. The van der Waals surface area contributed by atoms with Crippen LogP contribution in [0.25, 0.3) is 0 Å². The molecule has 1 aromatic carbocycles. The number of rotatable bonds is 5. The maximum atomic E-state index is 5.57. The number of methoxy groups -OCH3 is 1. The molecule has 118 valence electrons. The highest BCUT2D eigenvalue weighted by molar-refractivity contribution is 5.67. The standard InChI is InChI=1S/C17H23N3O2/c1-4-6-15-18-16(22-19-15)11-20-10-5-7-13-12(2)8-9-14(21-3)17(13)20/h8-9H,4-7,10-11H2,1-3H3. The van der Waals surface area contributed by atoms with Gasteiger partial charge in [-0.3, -0.25) is 0 Å². The second kappa shape index (κ2) is 6.38. The predicted octanol–water partition coefficient (Wildman–Crippen LogP) is 3.29. The summed E-state index contributed by atoms with van der Waals surface area (Å²) in [4.78, 5) is 6.78. The molecule has 0 fully saturated rings. The van der Waals surface area contributed by atoms with Crippen molar-refractivity contribution in [3.8, 4) is 5.75 Å². The van der Waals surface area contributed by atoms with E-state index in [9.17, 15) is 0 Å². The number of benzene rings is 1. The molecule has 0 radical (unpaired) electrons. The second-order valence-corrected chi connectivity index (χ2v) is 5.79. The molecule has 1 aliphatic rings. The van der Waals surface area contributed by atoms with Gasteiger partial charge in [-0.05, 0) is 43.4 Å². The molecular weight excluding hydrogens is 278 g/mol. The molecular formula is C17H23N3O2. The fourth-order valence-corrected chi connectivity index (χ4v) is 3.10. The molecule has 0 N–H and O–H groups in total. The molecule has 3 rings (SSSR count). The Labute approximate surface area is 131 Å². The van der Waals surface area contributed by atoms with Gasteiger partial charge >= 0.3 is 0 Å². The first-order valence-electron chi connectivity index (χ1n) is 7.95. The molecule has 0 saturated heterocycles. The van der Waals surface area contributed by atoms with Crippen molar-refractivity contribution >= 4 is 5.69 Å². The quantitative estimate of drug-likeness (QED) is 0.848. The predicted molar refractivity (Wildman–Crippen MR) is 85.4 cm³/mol. The molecule has 0 amide bonds. The Hall–Kier alpha value is -2.04. The molecule has 0 spiro atoms. The van der Waals surface area contributed by atoms with Crippen molar-refractivity contribution in [2.75, 3.05) is 18.6 Å². The van der Waals surface area contributed by atoms with Gasteiger partial charge in [0, 0.05) is 13.0 Å². The van der Waals surface area contributed by atoms with E-state index in [-0.39, 0.29) is 0 Å². The van der Waals surface area contributed by atoms with Crippen LogP contribution >= 0.6 is 0 Å². The highest BCUT2D eigenvalue weighted by atomic mass is 16.5. The lowest BCUT2D eigenvalue weighted by molar-refractivity contribution is 0.367. The molecule has 0 aliphatic carbocycles. The summed E-state index contributed by atoms with van der Waals surface area (Å²) < 4.78 is 11.0. The minimum absolute atomic E-state index is 0.642. The maximum absolute atomic E-state index is 5.57. The van der Waals surface area contributed by atoms with Gasteiger partial charge in [-0.15, -0.1) is 0 Å². The molecule has 0 unspecified atom stereocenters. The molecule has 5 heteroatoms. The van der Waals surface area contributed by atoms with Crippen molar-refractivity contribution in [3.63, 3.8) is 0 Å². The number of aromatic nitrogens is 2. The van der Waals surface area contributed by atoms with Crippen LogP contribution in [0.4, 0.5) is 5.69 Å². The molecule has 1 aromatic heterocycles. The van der Waals surface area contributed by atoms with E-state index in [1.807, 2.05) is 6.07 Å². The molecule has 22 heavy (non-hydrogen) atoms. The molecule has 2 aromatic rings. The molecule has 0 bridgehead atoms. The Bertz CT molecular complexity index is 651. The normalized spacial score (nSPS) is 14.0. The van der Waals surface area contributed by atoms with Gasteiger partial charge in [0.25, 0.3) is 0 Å². The number of hydrogen-bond acceptors (Lipinski definition) is 5. The topological polar surface area (TPSA) is 51.4 Å². The molecule has 1 aliphatic heterocycles.